The van der Waals surface area contributed by atoms with E-state index in [1.165, 1.54) is 42.6 Å². The van der Waals surface area contributed by atoms with Crippen LogP contribution in [0.4, 0.5) is 11.4 Å². The monoisotopic (exact) mass is 790 g/mol. The second kappa shape index (κ2) is 14.3. The Hall–Kier alpha value is -5.03. The number of ether oxygens (including phenoxy) is 4. The van der Waals surface area contributed by atoms with Crippen molar-refractivity contribution in [2.24, 2.45) is 0 Å². The van der Waals surface area contributed by atoms with Gasteiger partial charge in [-0.3, -0.25) is 14.1 Å². The normalized spacial score (nSPS) is 21.7. The molecule has 2 amide bonds. The third kappa shape index (κ3) is 6.56. The molecule has 0 saturated carbocycles. The van der Waals surface area contributed by atoms with Gasteiger partial charge in [-0.05, 0) is 65.9 Å². The van der Waals surface area contributed by atoms with Crippen LogP contribution in [-0.2, 0) is 10.1 Å². The van der Waals surface area contributed by atoms with Crippen molar-refractivity contribution in [2.75, 3.05) is 38.1 Å². The zero-order valence-electron chi connectivity index (χ0n) is 29.6. The molecule has 4 aromatic rings. The van der Waals surface area contributed by atoms with Gasteiger partial charge in [-0.1, -0.05) is 12.1 Å². The van der Waals surface area contributed by atoms with Gasteiger partial charge in [0.15, 0.2) is 28.4 Å². The Morgan fingerprint density at radius 2 is 1.26 bits per heavy atom. The summed E-state index contributed by atoms with van der Waals surface area (Å²) in [7, 11) is -1.66. The van der Waals surface area contributed by atoms with Gasteiger partial charge in [-0.15, -0.1) is 22.7 Å². The average molecular weight is 791 g/mol. The highest BCUT2D eigenvalue weighted by Gasteiger charge is 2.45. The van der Waals surface area contributed by atoms with Crippen molar-refractivity contribution in [1.82, 2.24) is 9.80 Å². The van der Waals surface area contributed by atoms with Crippen molar-refractivity contribution in [3.05, 3.63) is 92.6 Å². The molecule has 3 N–H and O–H groups in total. The molecule has 0 spiro atoms. The van der Waals surface area contributed by atoms with Gasteiger partial charge in [0.05, 0.1) is 62.0 Å². The molecule has 2 aromatic carbocycles. The lowest BCUT2D eigenvalue weighted by Crippen LogP contribution is -2.46. The number of amides is 2. The number of thiophene rings is 2. The van der Waals surface area contributed by atoms with Crippen molar-refractivity contribution in [2.45, 2.75) is 49.7 Å². The van der Waals surface area contributed by atoms with Crippen molar-refractivity contribution < 1.29 is 41.5 Å². The summed E-state index contributed by atoms with van der Waals surface area (Å²) in [6, 6.07) is 13.5. The van der Waals surface area contributed by atoms with Crippen LogP contribution in [0.15, 0.2) is 71.7 Å². The largest absolute Gasteiger partial charge is 0.493 e. The van der Waals surface area contributed by atoms with Crippen LogP contribution in [0.25, 0.3) is 11.1 Å². The molecule has 0 bridgehead atoms. The van der Waals surface area contributed by atoms with Crippen LogP contribution in [-0.4, -0.2) is 85.5 Å². The summed E-state index contributed by atoms with van der Waals surface area (Å²) < 4.78 is 59.0. The number of carbonyl (C=O) groups is 2. The third-order valence-electron chi connectivity index (χ3n) is 10.1. The van der Waals surface area contributed by atoms with Gasteiger partial charge in [0.2, 0.25) is 0 Å². The molecule has 0 fully saturated rings. The SMILES string of the molecule is COc1cc2c(cc1OCCCOc1cc3c(cc1OC)C(=O)N1C=C(c4cccs4)C[C@H]1C(S(=O)(=O)O)N3)NC(C)[C@@H]1CC(c3cccs3)=CN1C2=O. The summed E-state index contributed by atoms with van der Waals surface area (Å²) in [5.74, 6) is 0.914. The van der Waals surface area contributed by atoms with Crippen LogP contribution in [0.3, 0.4) is 0 Å². The van der Waals surface area contributed by atoms with Crippen molar-refractivity contribution in [3.63, 3.8) is 0 Å². The number of hydrogen-bond acceptors (Lipinski definition) is 12. The van der Waals surface area contributed by atoms with Crippen LogP contribution >= 0.6 is 22.7 Å². The lowest BCUT2D eigenvalue weighted by atomic mass is 10.0. The van der Waals surface area contributed by atoms with E-state index in [1.54, 1.807) is 29.7 Å². The van der Waals surface area contributed by atoms with E-state index in [2.05, 4.69) is 23.6 Å². The highest BCUT2D eigenvalue weighted by atomic mass is 32.2. The fourth-order valence-electron chi connectivity index (χ4n) is 7.44. The first-order valence-electron chi connectivity index (χ1n) is 17.4. The summed E-state index contributed by atoms with van der Waals surface area (Å²) in [5.41, 5.74) is 3.49. The van der Waals surface area contributed by atoms with Gasteiger partial charge in [-0.25, -0.2) is 0 Å². The van der Waals surface area contributed by atoms with Crippen LogP contribution in [0.2, 0.25) is 0 Å². The van der Waals surface area contributed by atoms with E-state index < -0.39 is 27.4 Å². The molecule has 0 aliphatic carbocycles. The average Bonchev–Trinajstić information content (AvgIpc) is 3.98. The number of carbonyl (C=O) groups excluding carboxylic acids is 2. The van der Waals surface area contributed by atoms with Crippen molar-refractivity contribution in [3.8, 4) is 23.0 Å². The molecule has 4 aliphatic heterocycles. The molecule has 282 valence electrons. The predicted octanol–water partition coefficient (Wildman–Crippen LogP) is 6.64. The Bertz CT molecular complexity index is 2270. The van der Waals surface area contributed by atoms with Crippen LogP contribution in [0.1, 0.15) is 56.7 Å². The maximum Gasteiger partial charge on any atom is 0.288 e. The van der Waals surface area contributed by atoms with E-state index in [9.17, 15) is 22.6 Å². The molecule has 13 nitrogen and oxygen atoms in total. The Morgan fingerprint density at radius 1 is 0.759 bits per heavy atom. The van der Waals surface area contributed by atoms with Gasteiger partial charge in [0, 0.05) is 46.7 Å². The van der Waals surface area contributed by atoms with E-state index in [4.69, 9.17) is 18.9 Å². The number of hydrogen-bond donors (Lipinski definition) is 3. The fourth-order valence-corrected chi connectivity index (χ4v) is 9.84. The second-order valence-corrected chi connectivity index (χ2v) is 16.8. The van der Waals surface area contributed by atoms with Crippen LogP contribution in [0, 0.1) is 0 Å². The molecule has 8 rings (SSSR count). The van der Waals surface area contributed by atoms with Crippen molar-refractivity contribution >= 4 is 67.1 Å². The molecule has 0 radical (unpaired) electrons. The zero-order chi connectivity index (χ0) is 37.7. The lowest BCUT2D eigenvalue weighted by Gasteiger charge is -2.26. The molecule has 0 saturated heterocycles. The standard InChI is InChI=1S/C38H38N4O9S3/c1-21-28-13-22(34-7-4-11-52-34)19-41(28)37(43)24-15-30(48-2)32(17-26(24)39-21)50-9-6-10-51-33-18-27-25(16-31(33)49-3)38(44)42-20-23(35-8-5-12-53-35)14-29(42)36(40-27)54(45,46)47/h4-5,7-8,11-12,15-21,28-29,36,39-40H,6,9-10,13-14H2,1-3H3,(H,45,46,47)/t21?,28-,29-,36?/m0/s1. The molecule has 2 aromatic heterocycles. The summed E-state index contributed by atoms with van der Waals surface area (Å²) in [6.45, 7) is 2.49. The summed E-state index contributed by atoms with van der Waals surface area (Å²) >= 11 is 3.15. The lowest BCUT2D eigenvalue weighted by molar-refractivity contribution is 0.0778. The van der Waals surface area contributed by atoms with Crippen molar-refractivity contribution in [1.29, 1.82) is 0 Å². The second-order valence-electron chi connectivity index (χ2n) is 13.4. The molecule has 54 heavy (non-hydrogen) atoms. The Balaban J connectivity index is 0.959. The highest BCUT2D eigenvalue weighted by Crippen LogP contribution is 2.44. The third-order valence-corrected chi connectivity index (χ3v) is 13.1. The van der Waals surface area contributed by atoms with Gasteiger partial charge >= 0.3 is 0 Å². The molecule has 4 aliphatic rings. The van der Waals surface area contributed by atoms with E-state index in [0.29, 0.717) is 29.2 Å². The van der Waals surface area contributed by atoms with E-state index in [0.717, 1.165) is 27.3 Å². The number of fused-ring (bicyclic) bond motifs is 4. The topological polar surface area (TPSA) is 156 Å². The Morgan fingerprint density at radius 3 is 1.74 bits per heavy atom. The first kappa shape index (κ1) is 36.0. The minimum Gasteiger partial charge on any atom is -0.493 e. The minimum atomic E-state index is -4.64. The molecule has 4 atom stereocenters. The number of rotatable bonds is 11. The van der Waals surface area contributed by atoms with Gasteiger partial charge in [0.1, 0.15) is 0 Å². The predicted molar refractivity (Wildman–Crippen MR) is 207 cm³/mol. The molecule has 16 heteroatoms. The number of benzene rings is 2. The van der Waals surface area contributed by atoms with E-state index >= 15 is 0 Å². The molecular formula is C38H38N4O9S3. The Labute approximate surface area is 320 Å². The van der Waals surface area contributed by atoms with Crippen LogP contribution < -0.4 is 29.6 Å². The number of nitrogens with zero attached hydrogens (tertiary/aromatic N) is 2. The summed E-state index contributed by atoms with van der Waals surface area (Å²) in [6.07, 6.45) is 5.05. The molecule has 2 unspecified atom stereocenters. The van der Waals surface area contributed by atoms with E-state index in [-0.39, 0.29) is 60.4 Å². The van der Waals surface area contributed by atoms with Gasteiger partial charge in [-0.2, -0.15) is 8.42 Å². The van der Waals surface area contributed by atoms with Crippen LogP contribution in [0.5, 0.6) is 23.0 Å². The quantitative estimate of drug-likeness (QED) is 0.111. The molecule has 6 heterocycles. The first-order chi connectivity index (χ1) is 26.0. The first-order valence-corrected chi connectivity index (χ1v) is 20.6. The van der Waals surface area contributed by atoms with Gasteiger partial charge in [0.25, 0.3) is 21.9 Å². The smallest absolute Gasteiger partial charge is 0.288 e. The maximum absolute atomic E-state index is 13.8. The summed E-state index contributed by atoms with van der Waals surface area (Å²) in [4.78, 5) is 32.9. The summed E-state index contributed by atoms with van der Waals surface area (Å²) in [5, 5.41) is 8.90. The number of anilines is 2. The molecular weight excluding hydrogens is 753 g/mol. The Kier molecular flexibility index (Phi) is 9.54. The van der Waals surface area contributed by atoms with E-state index in [1.807, 2.05) is 40.1 Å². The number of methoxy groups -OCH3 is 2. The maximum atomic E-state index is 13.8. The fraction of sp³-hybridized carbons (Fsp3) is 0.316. The minimum absolute atomic E-state index is 0.0241. The zero-order valence-corrected chi connectivity index (χ0v) is 32.1. The highest BCUT2D eigenvalue weighted by molar-refractivity contribution is 7.86. The number of nitrogens with one attached hydrogen (secondary N) is 2. The van der Waals surface area contributed by atoms with Gasteiger partial charge < -0.3 is 39.4 Å².